The van der Waals surface area contributed by atoms with Crippen LogP contribution in [0, 0.1) is 0 Å². The molecule has 0 bridgehead atoms. The molecule has 1 atom stereocenters. The zero-order valence-corrected chi connectivity index (χ0v) is 13.5. The van der Waals surface area contributed by atoms with Crippen molar-refractivity contribution in [3.05, 3.63) is 60.2 Å². The van der Waals surface area contributed by atoms with Crippen LogP contribution in [0.3, 0.4) is 0 Å². The molecule has 2 N–H and O–H groups in total. The van der Waals surface area contributed by atoms with Gasteiger partial charge in [-0.2, -0.15) is 0 Å². The van der Waals surface area contributed by atoms with Gasteiger partial charge in [-0.3, -0.25) is 9.69 Å². The van der Waals surface area contributed by atoms with E-state index in [0.717, 1.165) is 42.9 Å². The second kappa shape index (κ2) is 6.84. The summed E-state index contributed by atoms with van der Waals surface area (Å²) in [5, 5.41) is 0. The van der Waals surface area contributed by atoms with Crippen molar-refractivity contribution in [2.75, 3.05) is 24.2 Å². The fourth-order valence-corrected chi connectivity index (χ4v) is 3.22. The van der Waals surface area contributed by atoms with E-state index in [4.69, 9.17) is 5.73 Å². The maximum atomic E-state index is 12.9. The number of hydrogen-bond acceptors (Lipinski definition) is 3. The van der Waals surface area contributed by atoms with Crippen LogP contribution in [-0.4, -0.2) is 30.4 Å². The standard InChI is InChI=1S/C19H23N3O/c1-21(14-15-7-5-8-16(20)13-15)18-11-6-12-22(19(18)23)17-9-3-2-4-10-17/h2-5,7-10,13,18H,6,11-12,14,20H2,1H3. The molecule has 2 aromatic rings. The number of para-hydroxylation sites is 1. The van der Waals surface area contributed by atoms with Crippen LogP contribution in [0.15, 0.2) is 54.6 Å². The number of nitrogens with two attached hydrogens (primary N) is 1. The van der Waals surface area contributed by atoms with Crippen molar-refractivity contribution in [2.24, 2.45) is 0 Å². The maximum Gasteiger partial charge on any atom is 0.244 e. The minimum atomic E-state index is -0.0783. The van der Waals surface area contributed by atoms with Crippen molar-refractivity contribution >= 4 is 17.3 Å². The average molecular weight is 309 g/mol. The molecule has 23 heavy (non-hydrogen) atoms. The van der Waals surface area contributed by atoms with Crippen LogP contribution in [0.1, 0.15) is 18.4 Å². The van der Waals surface area contributed by atoms with Crippen molar-refractivity contribution < 1.29 is 4.79 Å². The lowest BCUT2D eigenvalue weighted by atomic mass is 10.0. The third kappa shape index (κ3) is 3.54. The van der Waals surface area contributed by atoms with Crippen molar-refractivity contribution in [3.8, 4) is 0 Å². The van der Waals surface area contributed by atoms with Crippen LogP contribution >= 0.6 is 0 Å². The Balaban J connectivity index is 1.73. The van der Waals surface area contributed by atoms with Crippen molar-refractivity contribution in [3.63, 3.8) is 0 Å². The van der Waals surface area contributed by atoms with E-state index in [1.54, 1.807) is 0 Å². The number of carbonyl (C=O) groups is 1. The summed E-state index contributed by atoms with van der Waals surface area (Å²) in [5.41, 5.74) is 8.73. The minimum absolute atomic E-state index is 0.0783. The number of nitrogens with zero attached hydrogens (tertiary/aromatic N) is 2. The van der Waals surface area contributed by atoms with Crippen LogP contribution in [0.2, 0.25) is 0 Å². The topological polar surface area (TPSA) is 49.6 Å². The number of amides is 1. The molecule has 1 aliphatic rings. The fraction of sp³-hybridized carbons (Fsp3) is 0.316. The summed E-state index contributed by atoms with van der Waals surface area (Å²) >= 11 is 0. The Morgan fingerprint density at radius 1 is 1.17 bits per heavy atom. The van der Waals surface area contributed by atoms with E-state index in [1.807, 2.05) is 60.5 Å². The quantitative estimate of drug-likeness (QED) is 0.884. The largest absolute Gasteiger partial charge is 0.399 e. The molecule has 0 spiro atoms. The molecular weight excluding hydrogens is 286 g/mol. The van der Waals surface area contributed by atoms with E-state index >= 15 is 0 Å². The summed E-state index contributed by atoms with van der Waals surface area (Å²) in [4.78, 5) is 16.9. The molecule has 1 amide bonds. The molecule has 1 heterocycles. The second-order valence-electron chi connectivity index (χ2n) is 6.14. The van der Waals surface area contributed by atoms with Gasteiger partial charge in [0.25, 0.3) is 0 Å². The number of nitrogen functional groups attached to an aromatic ring is 1. The molecule has 1 unspecified atom stereocenters. The zero-order valence-electron chi connectivity index (χ0n) is 13.5. The Morgan fingerprint density at radius 2 is 1.96 bits per heavy atom. The number of piperidine rings is 1. The van der Waals surface area contributed by atoms with E-state index in [-0.39, 0.29) is 11.9 Å². The zero-order chi connectivity index (χ0) is 16.2. The van der Waals surface area contributed by atoms with Crippen molar-refractivity contribution in [1.82, 2.24) is 4.90 Å². The van der Waals surface area contributed by atoms with Gasteiger partial charge in [0.05, 0.1) is 6.04 Å². The van der Waals surface area contributed by atoms with Gasteiger partial charge in [-0.15, -0.1) is 0 Å². The summed E-state index contributed by atoms with van der Waals surface area (Å²) in [7, 11) is 2.01. The van der Waals surface area contributed by atoms with E-state index in [9.17, 15) is 4.79 Å². The van der Waals surface area contributed by atoms with E-state index < -0.39 is 0 Å². The first-order chi connectivity index (χ1) is 11.1. The number of hydrogen-bond donors (Lipinski definition) is 1. The molecule has 0 aliphatic carbocycles. The summed E-state index contributed by atoms with van der Waals surface area (Å²) in [6, 6.07) is 17.7. The first-order valence-corrected chi connectivity index (χ1v) is 8.06. The molecule has 1 saturated heterocycles. The van der Waals surface area contributed by atoms with Gasteiger partial charge in [-0.05, 0) is 49.7 Å². The Hall–Kier alpha value is -2.33. The molecule has 0 saturated carbocycles. The number of likely N-dealkylation sites (N-methyl/N-ethyl adjacent to an activating group) is 1. The van der Waals surface area contributed by atoms with Gasteiger partial charge < -0.3 is 10.6 Å². The SMILES string of the molecule is CN(Cc1cccc(N)c1)C1CCCN(c2ccccc2)C1=O. The van der Waals surface area contributed by atoms with E-state index in [0.29, 0.717) is 0 Å². The highest BCUT2D eigenvalue weighted by molar-refractivity contribution is 5.97. The van der Waals surface area contributed by atoms with Crippen LogP contribution < -0.4 is 10.6 Å². The van der Waals surface area contributed by atoms with E-state index in [2.05, 4.69) is 11.0 Å². The molecule has 120 valence electrons. The summed E-state index contributed by atoms with van der Waals surface area (Å²) in [6.07, 6.45) is 1.92. The predicted octanol–water partition coefficient (Wildman–Crippen LogP) is 2.90. The second-order valence-corrected chi connectivity index (χ2v) is 6.14. The van der Waals surface area contributed by atoms with Crippen LogP contribution in [-0.2, 0) is 11.3 Å². The van der Waals surface area contributed by atoms with Gasteiger partial charge >= 0.3 is 0 Å². The first-order valence-electron chi connectivity index (χ1n) is 8.06. The molecule has 1 fully saturated rings. The summed E-state index contributed by atoms with van der Waals surface area (Å²) in [5.74, 6) is 0.189. The molecule has 0 radical (unpaired) electrons. The van der Waals surface area contributed by atoms with Gasteiger partial charge in [-0.25, -0.2) is 0 Å². The average Bonchev–Trinajstić information content (AvgIpc) is 2.56. The third-order valence-electron chi connectivity index (χ3n) is 4.39. The summed E-state index contributed by atoms with van der Waals surface area (Å²) < 4.78 is 0. The molecule has 4 nitrogen and oxygen atoms in total. The lowest BCUT2D eigenvalue weighted by Crippen LogP contribution is -2.51. The van der Waals surface area contributed by atoms with Gasteiger partial charge in [0.2, 0.25) is 5.91 Å². The molecule has 0 aromatic heterocycles. The monoisotopic (exact) mass is 309 g/mol. The van der Waals surface area contributed by atoms with Crippen LogP contribution in [0.4, 0.5) is 11.4 Å². The molecule has 4 heteroatoms. The Bertz CT molecular complexity index is 671. The third-order valence-corrected chi connectivity index (χ3v) is 4.39. The predicted molar refractivity (Wildman–Crippen MR) is 94.1 cm³/mol. The Kier molecular flexibility index (Phi) is 4.63. The number of benzene rings is 2. The first kappa shape index (κ1) is 15.6. The highest BCUT2D eigenvalue weighted by Crippen LogP contribution is 2.24. The van der Waals surface area contributed by atoms with Crippen LogP contribution in [0.25, 0.3) is 0 Å². The smallest absolute Gasteiger partial charge is 0.244 e. The molecule has 2 aromatic carbocycles. The highest BCUT2D eigenvalue weighted by Gasteiger charge is 2.32. The summed E-state index contributed by atoms with van der Waals surface area (Å²) in [6.45, 7) is 1.52. The minimum Gasteiger partial charge on any atom is -0.399 e. The normalized spacial score (nSPS) is 18.4. The number of rotatable bonds is 4. The van der Waals surface area contributed by atoms with Gasteiger partial charge in [0.1, 0.15) is 0 Å². The molecule has 3 rings (SSSR count). The lowest BCUT2D eigenvalue weighted by molar-refractivity contribution is -0.125. The van der Waals surface area contributed by atoms with Gasteiger partial charge in [0, 0.05) is 24.5 Å². The lowest BCUT2D eigenvalue weighted by Gasteiger charge is -2.37. The Morgan fingerprint density at radius 3 is 2.70 bits per heavy atom. The highest BCUT2D eigenvalue weighted by atomic mass is 16.2. The number of carbonyl (C=O) groups excluding carboxylic acids is 1. The van der Waals surface area contributed by atoms with Crippen LogP contribution in [0.5, 0.6) is 0 Å². The van der Waals surface area contributed by atoms with Crippen molar-refractivity contribution in [1.29, 1.82) is 0 Å². The number of anilines is 2. The van der Waals surface area contributed by atoms with Gasteiger partial charge in [0.15, 0.2) is 0 Å². The molecule has 1 aliphatic heterocycles. The molecular formula is C19H23N3O. The fourth-order valence-electron chi connectivity index (χ4n) is 3.22. The maximum absolute atomic E-state index is 12.9. The van der Waals surface area contributed by atoms with E-state index in [1.165, 1.54) is 0 Å². The van der Waals surface area contributed by atoms with Crippen molar-refractivity contribution in [2.45, 2.75) is 25.4 Å². The van der Waals surface area contributed by atoms with Gasteiger partial charge in [-0.1, -0.05) is 30.3 Å². The Labute approximate surface area is 137 Å².